The molecule has 1 saturated carbocycles. The summed E-state index contributed by atoms with van der Waals surface area (Å²) < 4.78 is 0. The molecule has 0 aliphatic heterocycles. The van der Waals surface area contributed by atoms with Crippen LogP contribution < -0.4 is 5.32 Å². The van der Waals surface area contributed by atoms with Gasteiger partial charge in [0.15, 0.2) is 0 Å². The zero-order valence-electron chi connectivity index (χ0n) is 11.9. The van der Waals surface area contributed by atoms with Crippen molar-refractivity contribution in [1.29, 1.82) is 0 Å². The van der Waals surface area contributed by atoms with Gasteiger partial charge in [0.25, 0.3) is 0 Å². The molecule has 0 aromatic rings. The molecule has 2 unspecified atom stereocenters. The second-order valence-corrected chi connectivity index (χ2v) is 6.16. The number of aliphatic carboxylic acids is 1. The van der Waals surface area contributed by atoms with Gasteiger partial charge >= 0.3 is 5.97 Å². The van der Waals surface area contributed by atoms with E-state index in [1.165, 1.54) is 0 Å². The standard InChI is InChI=1S/C14H25NO4/c1-8(2)4-10(16)7-15-13(17)11-5-9(3)6-12(11)14(18)19/h8-12,16H,4-7H2,1-3H3,(H,15,17)(H,18,19)/t9?,10?,11-,12+/m0/s1. The molecule has 1 aliphatic carbocycles. The number of carboxylic acids is 1. The normalized spacial score (nSPS) is 28.4. The van der Waals surface area contributed by atoms with Crippen LogP contribution in [0.3, 0.4) is 0 Å². The Labute approximate surface area is 114 Å². The Hall–Kier alpha value is -1.10. The molecule has 0 saturated heterocycles. The minimum absolute atomic E-state index is 0.203. The van der Waals surface area contributed by atoms with Crippen LogP contribution in [0.2, 0.25) is 0 Å². The molecule has 19 heavy (non-hydrogen) atoms. The van der Waals surface area contributed by atoms with Crippen molar-refractivity contribution in [3.05, 3.63) is 0 Å². The van der Waals surface area contributed by atoms with Crippen molar-refractivity contribution in [1.82, 2.24) is 5.32 Å². The molecular weight excluding hydrogens is 246 g/mol. The van der Waals surface area contributed by atoms with E-state index in [9.17, 15) is 14.7 Å². The average Bonchev–Trinajstić information content (AvgIpc) is 2.67. The Balaban J connectivity index is 2.46. The third-order valence-electron chi connectivity index (χ3n) is 3.71. The van der Waals surface area contributed by atoms with Crippen LogP contribution in [0.5, 0.6) is 0 Å². The van der Waals surface area contributed by atoms with Crippen molar-refractivity contribution >= 4 is 11.9 Å². The lowest BCUT2D eigenvalue weighted by Gasteiger charge is -2.18. The van der Waals surface area contributed by atoms with Crippen LogP contribution in [0.1, 0.15) is 40.0 Å². The van der Waals surface area contributed by atoms with Gasteiger partial charge in [-0.3, -0.25) is 9.59 Å². The van der Waals surface area contributed by atoms with E-state index in [1.54, 1.807) is 0 Å². The summed E-state index contributed by atoms with van der Waals surface area (Å²) in [7, 11) is 0. The minimum atomic E-state index is -0.896. The summed E-state index contributed by atoms with van der Waals surface area (Å²) in [5.41, 5.74) is 0. The van der Waals surface area contributed by atoms with Crippen LogP contribution >= 0.6 is 0 Å². The fraction of sp³-hybridized carbons (Fsp3) is 0.857. The van der Waals surface area contributed by atoms with E-state index in [2.05, 4.69) is 5.32 Å². The number of aliphatic hydroxyl groups excluding tert-OH is 1. The number of rotatable bonds is 6. The number of aliphatic hydroxyl groups is 1. The Morgan fingerprint density at radius 2 is 1.84 bits per heavy atom. The maximum atomic E-state index is 12.0. The van der Waals surface area contributed by atoms with E-state index in [0.717, 1.165) is 0 Å². The molecule has 0 spiro atoms. The van der Waals surface area contributed by atoms with E-state index in [0.29, 0.717) is 25.2 Å². The lowest BCUT2D eigenvalue weighted by Crippen LogP contribution is -2.39. The number of hydrogen-bond acceptors (Lipinski definition) is 3. The van der Waals surface area contributed by atoms with Crippen LogP contribution in [-0.2, 0) is 9.59 Å². The average molecular weight is 271 g/mol. The van der Waals surface area contributed by atoms with Gasteiger partial charge in [0.05, 0.1) is 17.9 Å². The molecule has 4 atom stereocenters. The minimum Gasteiger partial charge on any atom is -0.481 e. The Kier molecular flexibility index (Phi) is 5.79. The monoisotopic (exact) mass is 271 g/mol. The van der Waals surface area contributed by atoms with Crippen LogP contribution in [0.25, 0.3) is 0 Å². The van der Waals surface area contributed by atoms with Crippen molar-refractivity contribution in [2.45, 2.75) is 46.1 Å². The molecule has 1 aliphatic rings. The summed E-state index contributed by atoms with van der Waals surface area (Å²) in [4.78, 5) is 23.1. The largest absolute Gasteiger partial charge is 0.481 e. The first-order valence-corrected chi connectivity index (χ1v) is 6.99. The summed E-state index contributed by atoms with van der Waals surface area (Å²) in [5, 5.41) is 21.5. The zero-order valence-corrected chi connectivity index (χ0v) is 11.9. The Morgan fingerprint density at radius 1 is 1.26 bits per heavy atom. The van der Waals surface area contributed by atoms with E-state index >= 15 is 0 Å². The summed E-state index contributed by atoms with van der Waals surface area (Å²) in [6, 6.07) is 0. The highest BCUT2D eigenvalue weighted by Gasteiger charge is 2.41. The highest BCUT2D eigenvalue weighted by molar-refractivity contribution is 5.85. The molecular formula is C14H25NO4. The lowest BCUT2D eigenvalue weighted by molar-refractivity contribution is -0.146. The number of amides is 1. The number of carboxylic acid groups (broad SMARTS) is 1. The maximum Gasteiger partial charge on any atom is 0.307 e. The van der Waals surface area contributed by atoms with Crippen LogP contribution in [-0.4, -0.2) is 34.7 Å². The summed E-state index contributed by atoms with van der Waals surface area (Å²) in [5.74, 6) is -1.55. The molecule has 1 rings (SSSR count). The predicted octanol–water partition coefficient (Wildman–Crippen LogP) is 1.26. The molecule has 1 amide bonds. The molecule has 0 radical (unpaired) electrons. The van der Waals surface area contributed by atoms with Gasteiger partial charge in [-0.15, -0.1) is 0 Å². The summed E-state index contributed by atoms with van der Waals surface area (Å²) in [6.45, 7) is 6.18. The van der Waals surface area contributed by atoms with Gasteiger partial charge in [-0.05, 0) is 31.1 Å². The highest BCUT2D eigenvalue weighted by Crippen LogP contribution is 2.36. The number of hydrogen-bond donors (Lipinski definition) is 3. The van der Waals surface area contributed by atoms with Crippen molar-refractivity contribution in [3.8, 4) is 0 Å². The summed E-state index contributed by atoms with van der Waals surface area (Å²) >= 11 is 0. The van der Waals surface area contributed by atoms with Gasteiger partial charge < -0.3 is 15.5 Å². The molecule has 0 heterocycles. The molecule has 5 heteroatoms. The summed E-state index contributed by atoms with van der Waals surface area (Å²) in [6.07, 6.45) is 1.24. The van der Waals surface area contributed by atoms with Gasteiger partial charge in [0.1, 0.15) is 0 Å². The van der Waals surface area contributed by atoms with Crippen LogP contribution in [0.4, 0.5) is 0 Å². The molecule has 5 nitrogen and oxygen atoms in total. The maximum absolute atomic E-state index is 12.0. The second-order valence-electron chi connectivity index (χ2n) is 6.16. The number of carbonyl (C=O) groups is 2. The third kappa shape index (κ3) is 4.82. The van der Waals surface area contributed by atoms with Gasteiger partial charge in [-0.1, -0.05) is 20.8 Å². The number of nitrogens with one attached hydrogen (secondary N) is 1. The Bertz CT molecular complexity index is 329. The third-order valence-corrected chi connectivity index (χ3v) is 3.71. The first-order chi connectivity index (χ1) is 8.81. The van der Waals surface area contributed by atoms with Gasteiger partial charge in [0, 0.05) is 6.54 Å². The van der Waals surface area contributed by atoms with Crippen molar-refractivity contribution < 1.29 is 19.8 Å². The second kappa shape index (κ2) is 6.89. The first kappa shape index (κ1) is 16.0. The fourth-order valence-electron chi connectivity index (χ4n) is 2.83. The topological polar surface area (TPSA) is 86.6 Å². The molecule has 3 N–H and O–H groups in total. The molecule has 0 aromatic heterocycles. The molecule has 0 aromatic carbocycles. The first-order valence-electron chi connectivity index (χ1n) is 6.99. The van der Waals surface area contributed by atoms with Crippen molar-refractivity contribution in [2.24, 2.45) is 23.7 Å². The molecule has 1 fully saturated rings. The zero-order chi connectivity index (χ0) is 14.6. The van der Waals surface area contributed by atoms with Gasteiger partial charge in [-0.25, -0.2) is 0 Å². The molecule has 110 valence electrons. The Morgan fingerprint density at radius 3 is 2.37 bits per heavy atom. The fourth-order valence-corrected chi connectivity index (χ4v) is 2.83. The van der Waals surface area contributed by atoms with E-state index < -0.39 is 23.9 Å². The van der Waals surface area contributed by atoms with Crippen molar-refractivity contribution in [2.75, 3.05) is 6.54 Å². The van der Waals surface area contributed by atoms with E-state index in [1.807, 2.05) is 20.8 Å². The van der Waals surface area contributed by atoms with E-state index in [-0.39, 0.29) is 18.4 Å². The smallest absolute Gasteiger partial charge is 0.307 e. The SMILES string of the molecule is CC(C)CC(O)CNC(=O)[C@H]1CC(C)C[C@H]1C(=O)O. The van der Waals surface area contributed by atoms with Crippen molar-refractivity contribution in [3.63, 3.8) is 0 Å². The van der Waals surface area contributed by atoms with Gasteiger partial charge in [-0.2, -0.15) is 0 Å². The van der Waals surface area contributed by atoms with Gasteiger partial charge in [0.2, 0.25) is 5.91 Å². The molecule has 0 bridgehead atoms. The van der Waals surface area contributed by atoms with Crippen LogP contribution in [0.15, 0.2) is 0 Å². The quantitative estimate of drug-likeness (QED) is 0.678. The number of carbonyl (C=O) groups excluding carboxylic acids is 1. The highest BCUT2D eigenvalue weighted by atomic mass is 16.4. The van der Waals surface area contributed by atoms with E-state index in [4.69, 9.17) is 5.11 Å². The lowest BCUT2D eigenvalue weighted by atomic mass is 9.95. The predicted molar refractivity (Wildman–Crippen MR) is 71.5 cm³/mol. The van der Waals surface area contributed by atoms with Crippen LogP contribution in [0, 0.1) is 23.7 Å².